The van der Waals surface area contributed by atoms with Crippen LogP contribution in [-0.4, -0.2) is 60.6 Å². The number of hydrogen-bond donors (Lipinski definition) is 0. The molecule has 0 aliphatic rings. The number of hydrogen-bond acceptors (Lipinski definition) is 3. The van der Waals surface area contributed by atoms with Gasteiger partial charge in [0.15, 0.2) is 0 Å². The van der Waals surface area contributed by atoms with Gasteiger partial charge in [-0.2, -0.15) is 0 Å². The summed E-state index contributed by atoms with van der Waals surface area (Å²) in [6, 6.07) is 0. The summed E-state index contributed by atoms with van der Waals surface area (Å²) in [6.07, 6.45) is 0. The minimum absolute atomic E-state index is 0. The Labute approximate surface area is 60.6 Å². The summed E-state index contributed by atoms with van der Waals surface area (Å²) in [5.41, 5.74) is 0. The van der Waals surface area contributed by atoms with E-state index in [4.69, 9.17) is 0 Å². The van der Waals surface area contributed by atoms with Crippen molar-refractivity contribution >= 4 is 44.2 Å². The van der Waals surface area contributed by atoms with E-state index in [0.717, 1.165) is 0 Å². The molecule has 0 heterocycles. The number of rotatable bonds is 0. The summed E-state index contributed by atoms with van der Waals surface area (Å²) >= 11 is 0. The molecule has 0 fully saturated rings. The van der Waals surface area contributed by atoms with Gasteiger partial charge in [0, 0.05) is 24.4 Å². The predicted octanol–water partition coefficient (Wildman–Crippen LogP) is -1.29. The first kappa shape index (κ1) is 101. The van der Waals surface area contributed by atoms with Crippen molar-refractivity contribution in [2.75, 3.05) is 0 Å². The molecule has 0 spiro atoms. The minimum atomic E-state index is 0. The molecule has 3 nitrogen and oxygen atoms in total. The molecule has 0 aliphatic heterocycles. The Balaban J connectivity index is 0. The van der Waals surface area contributed by atoms with E-state index in [-0.39, 0.29) is 60.6 Å². The van der Waals surface area contributed by atoms with Gasteiger partial charge in [0.2, 0.25) is 0 Å². The second kappa shape index (κ2) is 56.3. The van der Waals surface area contributed by atoms with E-state index in [1.807, 2.05) is 0 Å². The fourth-order valence-electron chi connectivity index (χ4n) is 0. The summed E-state index contributed by atoms with van der Waals surface area (Å²) in [5.74, 6) is 0. The van der Waals surface area contributed by atoms with Crippen LogP contribution in [0.25, 0.3) is 0 Å². The minimum Gasteiger partial charge on any atom is -0.870 e. The van der Waals surface area contributed by atoms with Crippen LogP contribution in [0.2, 0.25) is 0 Å². The Bertz CT molecular complexity index is 6.85. The fourth-order valence-corrected chi connectivity index (χ4v) is 0. The van der Waals surface area contributed by atoms with Crippen LogP contribution in [0.15, 0.2) is 0 Å². The summed E-state index contributed by atoms with van der Waals surface area (Å²) in [5, 5.41) is 0. The molecule has 0 amide bonds. The predicted molar refractivity (Wildman–Crippen MR) is 17.3 cm³/mol. The quantitative estimate of drug-likeness (QED) is 0.495. The third kappa shape index (κ3) is 33.3. The molecule has 0 rings (SSSR count). The third-order valence-corrected chi connectivity index (χ3v) is 0. The van der Waals surface area contributed by atoms with Crippen molar-refractivity contribution < 1.29 is 16.4 Å². The Morgan fingerprint density at radius 1 is 0.600 bits per heavy atom. The molecule has 0 bridgehead atoms. The average molecular weight is 243 g/mol. The first-order valence-corrected chi connectivity index (χ1v) is 0. The first-order valence-electron chi connectivity index (χ1n) is 0. The van der Waals surface area contributed by atoms with Crippen LogP contribution in [0.1, 0.15) is 0 Å². The Morgan fingerprint density at radius 3 is 0.600 bits per heavy atom. The van der Waals surface area contributed by atoms with Gasteiger partial charge in [0.05, 0.1) is 0 Å². The van der Waals surface area contributed by atoms with Gasteiger partial charge in [0.1, 0.15) is 0 Å². The van der Waals surface area contributed by atoms with Crippen molar-refractivity contribution in [3.63, 3.8) is 0 Å². The van der Waals surface area contributed by atoms with E-state index in [0.29, 0.717) is 0 Å². The van der Waals surface area contributed by atoms with E-state index < -0.39 is 0 Å². The van der Waals surface area contributed by atoms with Crippen LogP contribution in [0, 0.1) is 0 Å². The van der Waals surface area contributed by atoms with Gasteiger partial charge >= 0.3 is 19.8 Å². The molecule has 0 saturated heterocycles. The monoisotopic (exact) mass is 241 g/mol. The zero-order valence-corrected chi connectivity index (χ0v) is 7.34. The molecule has 0 aromatic rings. The molecule has 0 aliphatic carbocycles. The molecule has 0 saturated carbocycles. The van der Waals surface area contributed by atoms with Gasteiger partial charge in [-0.3, -0.25) is 0 Å². The van der Waals surface area contributed by atoms with Gasteiger partial charge < -0.3 is 16.4 Å². The van der Waals surface area contributed by atoms with Gasteiger partial charge in [0.25, 0.3) is 0 Å². The van der Waals surface area contributed by atoms with E-state index in [9.17, 15) is 0 Å². The average Bonchev–Trinajstić information content (AvgIpc) is 0. The molecule has 0 unspecified atom stereocenters. The van der Waals surface area contributed by atoms with Crippen molar-refractivity contribution in [3.8, 4) is 0 Å². The second-order valence-corrected chi connectivity index (χ2v) is 0. The molecule has 3 N–H and O–H groups in total. The van der Waals surface area contributed by atoms with Crippen LogP contribution < -0.4 is 0 Å². The summed E-state index contributed by atoms with van der Waals surface area (Å²) in [6.45, 7) is 0. The smallest absolute Gasteiger partial charge is 0.870 e. The van der Waals surface area contributed by atoms with Gasteiger partial charge in [-0.05, 0) is 0 Å². The van der Waals surface area contributed by atoms with Crippen molar-refractivity contribution in [1.82, 2.24) is 0 Å². The zero-order chi connectivity index (χ0) is 0. The summed E-state index contributed by atoms with van der Waals surface area (Å²) in [7, 11) is 0. The van der Waals surface area contributed by atoms with Gasteiger partial charge in [-0.15, -0.1) is 0 Å². The molecule has 3 radical (unpaired) electrons. The molecule has 5 heteroatoms. The summed E-state index contributed by atoms with van der Waals surface area (Å²) in [4.78, 5) is 0. The van der Waals surface area contributed by atoms with Crippen LogP contribution >= 0.6 is 0 Å². The summed E-state index contributed by atoms with van der Waals surface area (Å²) < 4.78 is 0. The molecule has 0 aromatic carbocycles. The maximum atomic E-state index is 0. The fraction of sp³-hybridized carbons (Fsp3) is 0. The SMILES string of the molecule is [Ga+3].[OH-].[OH-].[OH-].[Sb]. The van der Waals surface area contributed by atoms with Crippen LogP contribution in [0.4, 0.5) is 0 Å². The topological polar surface area (TPSA) is 90.0 Å². The largest absolute Gasteiger partial charge is 3.00 e. The zero-order valence-electron chi connectivity index (χ0n) is 2.37. The Morgan fingerprint density at radius 2 is 0.600 bits per heavy atom. The molecule has 29 valence electrons. The standard InChI is InChI=1S/Ga.3H2O.Sb/h;3*1H2;/q+3;;;;/p-3. The second-order valence-electron chi connectivity index (χ2n) is 0. The van der Waals surface area contributed by atoms with Crippen molar-refractivity contribution in [2.24, 2.45) is 0 Å². The Hall–Kier alpha value is 1.33. The van der Waals surface area contributed by atoms with Crippen molar-refractivity contribution in [3.05, 3.63) is 0 Å². The van der Waals surface area contributed by atoms with Gasteiger partial charge in [-0.1, -0.05) is 0 Å². The maximum absolute atomic E-state index is 0. The molecular formula is H3GaO3Sb. The molecule has 0 atom stereocenters. The van der Waals surface area contributed by atoms with Crippen LogP contribution in [0.3, 0.4) is 0 Å². The first-order chi connectivity index (χ1) is 0. The van der Waals surface area contributed by atoms with E-state index in [1.165, 1.54) is 0 Å². The van der Waals surface area contributed by atoms with Gasteiger partial charge in [-0.25, -0.2) is 0 Å². The Kier molecular flexibility index (Phi) is 1140. The van der Waals surface area contributed by atoms with Crippen molar-refractivity contribution in [1.29, 1.82) is 0 Å². The van der Waals surface area contributed by atoms with Crippen LogP contribution in [-0.2, 0) is 0 Å². The van der Waals surface area contributed by atoms with E-state index >= 15 is 0 Å². The molecule has 0 aromatic heterocycles. The maximum Gasteiger partial charge on any atom is 3.00 e. The van der Waals surface area contributed by atoms with Crippen LogP contribution in [0.5, 0.6) is 0 Å². The molecular weight excluding hydrogens is 239 g/mol. The van der Waals surface area contributed by atoms with E-state index in [1.54, 1.807) is 0 Å². The molecule has 5 heavy (non-hydrogen) atoms. The van der Waals surface area contributed by atoms with E-state index in [2.05, 4.69) is 0 Å². The third-order valence-electron chi connectivity index (χ3n) is 0. The van der Waals surface area contributed by atoms with Crippen molar-refractivity contribution in [2.45, 2.75) is 0 Å². The normalized spacial score (nSPS) is 0.